The van der Waals surface area contributed by atoms with Gasteiger partial charge in [-0.2, -0.15) is 0 Å². The predicted molar refractivity (Wildman–Crippen MR) is 90.5 cm³/mol. The van der Waals surface area contributed by atoms with Crippen molar-refractivity contribution in [2.45, 2.75) is 52.5 Å². The van der Waals surface area contributed by atoms with Gasteiger partial charge in [-0.05, 0) is 63.5 Å². The first kappa shape index (κ1) is 17.5. The molecule has 1 amide bonds. The summed E-state index contributed by atoms with van der Waals surface area (Å²) in [4.78, 5) is 14.3. The number of carbonyl (C=O) groups excluding carboxylic acids is 1. The van der Waals surface area contributed by atoms with Crippen molar-refractivity contribution in [3.05, 3.63) is 23.8 Å². The molecule has 0 saturated carbocycles. The van der Waals surface area contributed by atoms with Crippen LogP contribution in [0.25, 0.3) is 0 Å². The molecule has 0 fully saturated rings. The van der Waals surface area contributed by atoms with Crippen LogP contribution in [0.4, 0.5) is 11.4 Å². The Kier molecular flexibility index (Phi) is 7.23. The van der Waals surface area contributed by atoms with Crippen molar-refractivity contribution in [2.75, 3.05) is 24.6 Å². The summed E-state index contributed by atoms with van der Waals surface area (Å²) in [5, 5.41) is 2.96. The number of hydrogen-bond acceptors (Lipinski definition) is 3. The molecule has 4 nitrogen and oxygen atoms in total. The Bertz CT molecular complexity index is 455. The molecule has 0 heterocycles. The molecule has 1 aromatic carbocycles. The van der Waals surface area contributed by atoms with Crippen molar-refractivity contribution in [3.8, 4) is 0 Å². The van der Waals surface area contributed by atoms with Gasteiger partial charge in [0.2, 0.25) is 5.91 Å². The highest BCUT2D eigenvalue weighted by atomic mass is 16.1. The summed E-state index contributed by atoms with van der Waals surface area (Å²) in [5.74, 6) is 0.0702. The molecule has 1 rings (SSSR count). The number of nitrogen functional groups attached to an aromatic ring is 1. The van der Waals surface area contributed by atoms with Crippen molar-refractivity contribution in [1.29, 1.82) is 0 Å². The second-order valence-electron chi connectivity index (χ2n) is 5.68. The molecule has 0 atom stereocenters. The molecule has 0 unspecified atom stereocenters. The molecule has 3 N–H and O–H groups in total. The highest BCUT2D eigenvalue weighted by Gasteiger charge is 2.11. The molecule has 0 aliphatic heterocycles. The summed E-state index contributed by atoms with van der Waals surface area (Å²) in [6.45, 7) is 7.33. The maximum absolute atomic E-state index is 12.0. The Balaban J connectivity index is 2.37. The fourth-order valence-corrected chi connectivity index (χ4v) is 2.62. The molecule has 0 spiro atoms. The Hall–Kier alpha value is -1.55. The molecule has 0 aliphatic carbocycles. The third-order valence-electron chi connectivity index (χ3n) is 4.01. The molecule has 0 aliphatic rings. The van der Waals surface area contributed by atoms with Gasteiger partial charge in [0.15, 0.2) is 0 Å². The van der Waals surface area contributed by atoms with Crippen LogP contribution in [-0.2, 0) is 4.79 Å². The van der Waals surface area contributed by atoms with E-state index in [2.05, 4.69) is 31.1 Å². The Morgan fingerprint density at radius 3 is 2.57 bits per heavy atom. The molecule has 0 saturated heterocycles. The zero-order chi connectivity index (χ0) is 15.8. The normalized spacial score (nSPS) is 11.1. The number of hydrogen-bond donors (Lipinski definition) is 2. The van der Waals surface area contributed by atoms with Crippen LogP contribution in [0.15, 0.2) is 18.2 Å². The maximum Gasteiger partial charge on any atom is 0.224 e. The molecule has 1 aromatic rings. The van der Waals surface area contributed by atoms with Gasteiger partial charge in [0.1, 0.15) is 0 Å². The molecular formula is C17H29N3O. The van der Waals surface area contributed by atoms with Crippen LogP contribution < -0.4 is 11.1 Å². The highest BCUT2D eigenvalue weighted by Crippen LogP contribution is 2.18. The fraction of sp³-hybridized carbons (Fsp3) is 0.588. The van der Waals surface area contributed by atoms with Gasteiger partial charge in [-0.1, -0.05) is 13.8 Å². The van der Waals surface area contributed by atoms with Gasteiger partial charge >= 0.3 is 0 Å². The van der Waals surface area contributed by atoms with E-state index in [4.69, 9.17) is 5.73 Å². The lowest BCUT2D eigenvalue weighted by molar-refractivity contribution is -0.116. The Morgan fingerprint density at radius 2 is 2.00 bits per heavy atom. The van der Waals surface area contributed by atoms with E-state index in [1.165, 1.54) is 0 Å². The quantitative estimate of drug-likeness (QED) is 0.722. The lowest BCUT2D eigenvalue weighted by Crippen LogP contribution is -2.31. The van der Waals surface area contributed by atoms with E-state index in [9.17, 15) is 4.79 Å². The summed E-state index contributed by atoms with van der Waals surface area (Å²) in [7, 11) is 2.14. The van der Waals surface area contributed by atoms with E-state index in [1.807, 2.05) is 25.1 Å². The van der Waals surface area contributed by atoms with Crippen LogP contribution >= 0.6 is 0 Å². The zero-order valence-corrected chi connectivity index (χ0v) is 13.8. The van der Waals surface area contributed by atoms with Gasteiger partial charge in [0, 0.05) is 23.8 Å². The average molecular weight is 291 g/mol. The minimum atomic E-state index is 0.0702. The Morgan fingerprint density at radius 1 is 1.33 bits per heavy atom. The third kappa shape index (κ3) is 5.76. The molecule has 21 heavy (non-hydrogen) atoms. The maximum atomic E-state index is 12.0. The SMILES string of the molecule is CCC(CC)N(C)CCCC(=O)Nc1ccc(N)cc1C. The van der Waals surface area contributed by atoms with Gasteiger partial charge < -0.3 is 16.0 Å². The lowest BCUT2D eigenvalue weighted by Gasteiger charge is -2.25. The van der Waals surface area contributed by atoms with Crippen molar-refractivity contribution < 1.29 is 4.79 Å². The van der Waals surface area contributed by atoms with Crippen LogP contribution in [0.5, 0.6) is 0 Å². The minimum absolute atomic E-state index is 0.0702. The number of benzene rings is 1. The third-order valence-corrected chi connectivity index (χ3v) is 4.01. The van der Waals surface area contributed by atoms with Crippen molar-refractivity contribution in [2.24, 2.45) is 0 Å². The van der Waals surface area contributed by atoms with Crippen LogP contribution in [0.3, 0.4) is 0 Å². The predicted octanol–water partition coefficient (Wildman–Crippen LogP) is 3.42. The second-order valence-corrected chi connectivity index (χ2v) is 5.68. The molecule has 0 radical (unpaired) electrons. The fourth-order valence-electron chi connectivity index (χ4n) is 2.62. The zero-order valence-electron chi connectivity index (χ0n) is 13.8. The number of amides is 1. The molecular weight excluding hydrogens is 262 g/mol. The van der Waals surface area contributed by atoms with Crippen LogP contribution in [0, 0.1) is 6.92 Å². The van der Waals surface area contributed by atoms with Crippen molar-refractivity contribution in [3.63, 3.8) is 0 Å². The molecule has 4 heteroatoms. The van der Waals surface area contributed by atoms with Crippen LogP contribution in [0.2, 0.25) is 0 Å². The highest BCUT2D eigenvalue weighted by molar-refractivity contribution is 5.91. The topological polar surface area (TPSA) is 58.4 Å². The number of nitrogens with zero attached hydrogens (tertiary/aromatic N) is 1. The number of carbonyl (C=O) groups is 1. The molecule has 118 valence electrons. The summed E-state index contributed by atoms with van der Waals surface area (Å²) < 4.78 is 0. The van der Waals surface area contributed by atoms with E-state index in [-0.39, 0.29) is 5.91 Å². The van der Waals surface area contributed by atoms with E-state index in [1.54, 1.807) is 0 Å². The number of aryl methyl sites for hydroxylation is 1. The van der Waals surface area contributed by atoms with Gasteiger partial charge in [-0.25, -0.2) is 0 Å². The monoisotopic (exact) mass is 291 g/mol. The summed E-state index contributed by atoms with van der Waals surface area (Å²) in [6.07, 6.45) is 3.74. The van der Waals surface area contributed by atoms with Gasteiger partial charge in [-0.3, -0.25) is 4.79 Å². The lowest BCUT2D eigenvalue weighted by atomic mass is 10.1. The van der Waals surface area contributed by atoms with Gasteiger partial charge in [0.25, 0.3) is 0 Å². The first-order valence-corrected chi connectivity index (χ1v) is 7.84. The van der Waals surface area contributed by atoms with E-state index in [0.29, 0.717) is 12.5 Å². The summed E-state index contributed by atoms with van der Waals surface area (Å²) in [6, 6.07) is 6.16. The number of nitrogens with two attached hydrogens (primary N) is 1. The summed E-state index contributed by atoms with van der Waals surface area (Å²) >= 11 is 0. The second kappa shape index (κ2) is 8.67. The smallest absolute Gasteiger partial charge is 0.224 e. The van der Waals surface area contributed by atoms with Crippen LogP contribution in [0.1, 0.15) is 45.1 Å². The average Bonchev–Trinajstić information content (AvgIpc) is 2.43. The first-order chi connectivity index (χ1) is 9.97. The number of rotatable bonds is 8. The van der Waals surface area contributed by atoms with E-state index in [0.717, 1.165) is 42.7 Å². The number of nitrogens with one attached hydrogen (secondary N) is 1. The number of anilines is 2. The van der Waals surface area contributed by atoms with E-state index < -0.39 is 0 Å². The summed E-state index contributed by atoms with van der Waals surface area (Å²) in [5.41, 5.74) is 8.28. The minimum Gasteiger partial charge on any atom is -0.399 e. The Labute approximate surface area is 128 Å². The van der Waals surface area contributed by atoms with E-state index >= 15 is 0 Å². The first-order valence-electron chi connectivity index (χ1n) is 7.84. The van der Waals surface area contributed by atoms with Crippen molar-refractivity contribution in [1.82, 2.24) is 4.90 Å². The largest absolute Gasteiger partial charge is 0.399 e. The van der Waals surface area contributed by atoms with Gasteiger partial charge in [0.05, 0.1) is 0 Å². The van der Waals surface area contributed by atoms with Gasteiger partial charge in [-0.15, -0.1) is 0 Å². The molecule has 0 bridgehead atoms. The van der Waals surface area contributed by atoms with Crippen LogP contribution in [-0.4, -0.2) is 30.4 Å². The standard InChI is InChI=1S/C17H29N3O/c1-5-15(6-2)20(4)11-7-8-17(21)19-16-10-9-14(18)12-13(16)3/h9-10,12,15H,5-8,11,18H2,1-4H3,(H,19,21). The molecule has 0 aromatic heterocycles. The van der Waals surface area contributed by atoms with Crippen molar-refractivity contribution >= 4 is 17.3 Å².